The summed E-state index contributed by atoms with van der Waals surface area (Å²) in [5, 5.41) is 48.1. The van der Waals surface area contributed by atoms with Gasteiger partial charge in [-0.2, -0.15) is 9.59 Å². The van der Waals surface area contributed by atoms with Crippen LogP contribution in [0, 0.1) is 41.5 Å². The van der Waals surface area contributed by atoms with Crippen LogP contribution in [0.4, 0.5) is 0 Å². The van der Waals surface area contributed by atoms with Crippen molar-refractivity contribution in [3.63, 3.8) is 0 Å². The number of nitrogens with zero attached hydrogens (tertiary/aromatic N) is 2. The first kappa shape index (κ1) is 75.9. The SMILES string of the molecule is Cc1c(CCl)c(C)c(C(=O)P(=O)(c2ccccc2)c2ccccc2)c(C)c1CCl.Cc1c(CN(C)CC(=O)O)c(C)c(C(=O)P(=O)(c2ccccc2)c2ccccc2)c(C)c1CN(CC(=O)O)CC(=O)O.ICI.O=C(O)CNCC(=O)O.O=C=O. The molecule has 0 amide bonds. The molecule has 0 spiro atoms. The molecule has 0 saturated carbocycles. The standard InChI is InChI=1S/C31H35N2O8P.C24H23Cl2O2P.C4H7NO4.CH2I2.CO2/c1-20-25(15-32(4)17-27(34)35)21(2)30(22(3)26(20)16-33(18-28(36)37)19-29(38)39)31(40)42(41,23-11-7-5-8-12-23)24-13-9-6-10-14-24;1-16-21(14-25)17(2)23(18(3)22(16)15-26)24(27)29(28,19-10-6-4-7-11-19)20-12-8-5-9-13-20;6-3(7)1-5-2-4(8)9;2*2-1-3/h5-14H,15-19H2,1-4H3,(H,34,35)(H,36,37)(H,38,39);4-13H,14-15H2,1-3H3;5H,1-2H2,(H,6,7)(H,8,9);1H2;. The number of hydrogen-bond acceptors (Lipinski definition) is 14. The molecular formula is C61H67Cl2I2N3O16P2. The Bertz CT molecular complexity index is 3320. The van der Waals surface area contributed by atoms with Gasteiger partial charge >= 0.3 is 36.0 Å². The highest BCUT2D eigenvalue weighted by molar-refractivity contribution is 14.2. The molecule has 0 aliphatic heterocycles. The Kier molecular flexibility index (Phi) is 33.0. The molecule has 0 heterocycles. The van der Waals surface area contributed by atoms with Crippen molar-refractivity contribution >= 4 is 151 Å². The van der Waals surface area contributed by atoms with Crippen LogP contribution in [-0.4, -0.2) is 125 Å². The normalized spacial score (nSPS) is 10.8. The van der Waals surface area contributed by atoms with Crippen LogP contribution < -0.4 is 26.5 Å². The predicted octanol–water partition coefficient (Wildman–Crippen LogP) is 9.47. The fourth-order valence-corrected chi connectivity index (χ4v) is 15.4. The molecule has 19 nitrogen and oxygen atoms in total. The molecule has 0 saturated heterocycles. The second-order valence-electron chi connectivity index (χ2n) is 18.9. The van der Waals surface area contributed by atoms with E-state index in [-0.39, 0.29) is 61.7 Å². The van der Waals surface area contributed by atoms with Gasteiger partial charge in [-0.1, -0.05) is 167 Å². The van der Waals surface area contributed by atoms with E-state index in [0.29, 0.717) is 54.6 Å². The molecule has 0 atom stereocenters. The molecule has 0 fully saturated rings. The summed E-state index contributed by atoms with van der Waals surface area (Å²) in [7, 11) is -5.90. The van der Waals surface area contributed by atoms with Crippen molar-refractivity contribution in [1.29, 1.82) is 0 Å². The van der Waals surface area contributed by atoms with Crippen LogP contribution in [0.25, 0.3) is 0 Å². The van der Waals surface area contributed by atoms with Gasteiger partial charge in [-0.3, -0.25) is 48.7 Å². The Morgan fingerprint density at radius 3 is 0.965 bits per heavy atom. The number of halogens is 4. The van der Waals surface area contributed by atoms with E-state index in [2.05, 4.69) is 50.5 Å². The van der Waals surface area contributed by atoms with E-state index in [9.17, 15) is 53.4 Å². The third kappa shape index (κ3) is 21.0. The summed E-state index contributed by atoms with van der Waals surface area (Å²) in [6, 6.07) is 34.9. The van der Waals surface area contributed by atoms with E-state index in [1.807, 2.05) is 32.9 Å². The lowest BCUT2D eigenvalue weighted by Gasteiger charge is -2.28. The van der Waals surface area contributed by atoms with Gasteiger partial charge in [-0.05, 0) is 104 Å². The molecule has 6 aromatic carbocycles. The van der Waals surface area contributed by atoms with Crippen molar-refractivity contribution < 1.29 is 77.8 Å². The summed E-state index contributed by atoms with van der Waals surface area (Å²) < 4.78 is 30.7. The molecule has 0 radical (unpaired) electrons. The highest BCUT2D eigenvalue weighted by Gasteiger charge is 2.41. The van der Waals surface area contributed by atoms with Crippen LogP contribution in [0.2, 0.25) is 0 Å². The molecule has 0 aliphatic rings. The molecule has 6 aromatic rings. The zero-order valence-electron chi connectivity index (χ0n) is 48.1. The first-order valence-corrected chi connectivity index (χ1v) is 33.3. The van der Waals surface area contributed by atoms with E-state index >= 15 is 4.57 Å². The molecule has 25 heteroatoms. The van der Waals surface area contributed by atoms with Crippen molar-refractivity contribution in [2.24, 2.45) is 0 Å². The monoisotopic (exact) mass is 1480 g/mol. The molecular weight excluding hydrogens is 1420 g/mol. The van der Waals surface area contributed by atoms with E-state index in [4.69, 9.17) is 43.0 Å². The summed E-state index contributed by atoms with van der Waals surface area (Å²) in [6.07, 6.45) is 0.250. The van der Waals surface area contributed by atoms with E-state index < -0.39 is 62.7 Å². The number of nitrogens with one attached hydrogen (secondary N) is 1. The second kappa shape index (κ2) is 37.5. The highest BCUT2D eigenvalue weighted by atomic mass is 127. The third-order valence-corrected chi connectivity index (χ3v) is 19.6. The summed E-state index contributed by atoms with van der Waals surface area (Å²) in [5.74, 6) is -5.05. The fraction of sp³-hybridized carbons (Fsp3) is 0.279. The number of aliphatic carboxylic acids is 5. The number of carboxylic acid groups (broad SMARTS) is 5. The van der Waals surface area contributed by atoms with Crippen LogP contribution in [0.15, 0.2) is 121 Å². The van der Waals surface area contributed by atoms with Gasteiger partial charge in [0.25, 0.3) is 0 Å². The van der Waals surface area contributed by atoms with Gasteiger partial charge in [0.05, 0.1) is 35.2 Å². The molecule has 0 aliphatic carbocycles. The minimum atomic E-state index is -3.93. The van der Waals surface area contributed by atoms with E-state index in [1.165, 1.54) is 7.33 Å². The zero-order chi connectivity index (χ0) is 65.1. The van der Waals surface area contributed by atoms with Crippen LogP contribution in [0.1, 0.15) is 76.4 Å². The first-order valence-electron chi connectivity index (χ1n) is 25.8. The van der Waals surface area contributed by atoms with Gasteiger partial charge in [0.1, 0.15) is 0 Å². The Balaban J connectivity index is 0.000000492. The second-order valence-corrected chi connectivity index (χ2v) is 29.2. The maximum atomic E-state index is 15.0. The van der Waals surface area contributed by atoms with Crippen molar-refractivity contribution in [3.05, 3.63) is 188 Å². The lowest BCUT2D eigenvalue weighted by atomic mass is 9.88. The van der Waals surface area contributed by atoms with Crippen LogP contribution in [0.3, 0.4) is 0 Å². The van der Waals surface area contributed by atoms with E-state index in [1.54, 1.807) is 142 Å². The number of carboxylic acids is 5. The molecule has 6 N–H and O–H groups in total. The Morgan fingerprint density at radius 2 is 0.709 bits per heavy atom. The molecule has 0 aromatic heterocycles. The number of benzene rings is 6. The third-order valence-electron chi connectivity index (χ3n) is 13.4. The molecule has 0 bridgehead atoms. The Morgan fingerprint density at radius 1 is 0.453 bits per heavy atom. The Hall–Kier alpha value is -6.23. The molecule has 6 rings (SSSR count). The predicted molar refractivity (Wildman–Crippen MR) is 349 cm³/mol. The van der Waals surface area contributed by atoms with Crippen molar-refractivity contribution in [1.82, 2.24) is 15.1 Å². The van der Waals surface area contributed by atoms with Gasteiger partial charge in [0.15, 0.2) is 0 Å². The summed E-state index contributed by atoms with van der Waals surface area (Å²) in [5.41, 5.74) is 6.81. The number of hydrogen-bond donors (Lipinski definition) is 6. The van der Waals surface area contributed by atoms with Crippen molar-refractivity contribution in [3.8, 4) is 0 Å². The summed E-state index contributed by atoms with van der Waals surface area (Å²) in [6.45, 7) is 8.95. The van der Waals surface area contributed by atoms with Gasteiger partial charge in [0.2, 0.25) is 25.3 Å². The van der Waals surface area contributed by atoms with E-state index in [0.717, 1.165) is 27.8 Å². The highest BCUT2D eigenvalue weighted by Crippen LogP contribution is 2.50. The van der Waals surface area contributed by atoms with Crippen molar-refractivity contribution in [2.75, 3.05) is 42.2 Å². The topological polar surface area (TPSA) is 307 Å². The number of carbonyl (C=O) groups is 7. The van der Waals surface area contributed by atoms with Crippen LogP contribution >= 0.6 is 82.7 Å². The molecule has 0 unspecified atom stereocenters. The largest absolute Gasteiger partial charge is 0.480 e. The minimum Gasteiger partial charge on any atom is -0.480 e. The maximum Gasteiger partial charge on any atom is 0.373 e. The van der Waals surface area contributed by atoms with Gasteiger partial charge in [0, 0.05) is 57.2 Å². The number of likely N-dealkylation sites (N-methyl/N-ethyl adjacent to an activating group) is 1. The van der Waals surface area contributed by atoms with Gasteiger partial charge in [-0.25, -0.2) is 0 Å². The number of carbonyl (C=O) groups excluding carboxylic acids is 4. The van der Waals surface area contributed by atoms with Gasteiger partial charge in [-0.15, -0.1) is 23.2 Å². The fourth-order valence-electron chi connectivity index (χ4n) is 9.41. The summed E-state index contributed by atoms with van der Waals surface area (Å²) >= 11 is 17.0. The molecule has 460 valence electrons. The van der Waals surface area contributed by atoms with Crippen LogP contribution in [-0.2, 0) is 67.5 Å². The lowest BCUT2D eigenvalue weighted by Crippen LogP contribution is -2.35. The lowest BCUT2D eigenvalue weighted by molar-refractivity contribution is -0.192. The van der Waals surface area contributed by atoms with Crippen molar-refractivity contribution in [2.45, 2.75) is 66.4 Å². The number of alkyl halides is 4. The zero-order valence-corrected chi connectivity index (χ0v) is 55.8. The minimum absolute atomic E-state index is 0.104. The maximum absolute atomic E-state index is 15.0. The average molecular weight is 1480 g/mol. The smallest absolute Gasteiger partial charge is 0.373 e. The number of rotatable bonds is 24. The average Bonchev–Trinajstić information content (AvgIpc) is 0.967. The summed E-state index contributed by atoms with van der Waals surface area (Å²) in [4.78, 5) is 102. The first-order chi connectivity index (χ1) is 40.6. The Labute approximate surface area is 536 Å². The quantitative estimate of drug-likeness (QED) is 0.0187. The van der Waals surface area contributed by atoms with Crippen LogP contribution in [0.5, 0.6) is 0 Å². The molecule has 86 heavy (non-hydrogen) atoms. The van der Waals surface area contributed by atoms with Gasteiger partial charge < -0.3 is 34.7 Å².